The third kappa shape index (κ3) is 34.9. The number of esters is 2. The first-order chi connectivity index (χ1) is 20.7. The molecule has 0 aromatic carbocycles. The van der Waals surface area contributed by atoms with Gasteiger partial charge in [0, 0.05) is 12.8 Å². The molecule has 0 radical (unpaired) electrons. The van der Waals surface area contributed by atoms with E-state index < -0.39 is 0 Å². The number of carbonyl (C=O) groups is 2. The molecule has 0 spiro atoms. The number of carbonyl (C=O) groups excluding carboxylic acids is 2. The summed E-state index contributed by atoms with van der Waals surface area (Å²) in [5.41, 5.74) is 0. The number of hydrogen-bond acceptors (Lipinski definition) is 11. The molecule has 0 aliphatic heterocycles. The predicted octanol–water partition coefficient (Wildman–Crippen LogP) is 4.52. The average molecular weight is 609 g/mol. The van der Waals surface area contributed by atoms with Crippen LogP contribution in [0.5, 0.6) is 0 Å². The second kappa shape index (κ2) is 35.9. The van der Waals surface area contributed by atoms with Crippen LogP contribution in [0.3, 0.4) is 0 Å². The van der Waals surface area contributed by atoms with Gasteiger partial charge in [0.15, 0.2) is 0 Å². The fraction of sp³-hybridized carbons (Fsp3) is 0.935. The zero-order valence-corrected chi connectivity index (χ0v) is 26.6. The molecule has 11 heteroatoms. The second-order valence-corrected chi connectivity index (χ2v) is 9.70. The first-order valence-electron chi connectivity index (χ1n) is 16.1. The Bertz CT molecular complexity index is 563. The predicted molar refractivity (Wildman–Crippen MR) is 160 cm³/mol. The van der Waals surface area contributed by atoms with E-state index >= 15 is 0 Å². The van der Waals surface area contributed by atoms with E-state index in [4.69, 9.17) is 42.6 Å². The Morgan fingerprint density at radius 3 is 0.857 bits per heavy atom. The molecule has 11 nitrogen and oxygen atoms in total. The van der Waals surface area contributed by atoms with E-state index in [1.54, 1.807) is 0 Å². The summed E-state index contributed by atoms with van der Waals surface area (Å²) in [4.78, 5) is 23.1. The SMILES string of the molecule is CCCCCCCC(=O)OCCOCCOCCOCCOCCOCCOCCOCCOC(=O)CCCCCC. The van der Waals surface area contributed by atoms with Crippen LogP contribution in [0.25, 0.3) is 0 Å². The lowest BCUT2D eigenvalue weighted by atomic mass is 10.1. The average Bonchev–Trinajstić information content (AvgIpc) is 2.99. The molecule has 0 heterocycles. The molecule has 250 valence electrons. The summed E-state index contributed by atoms with van der Waals surface area (Å²) in [5, 5.41) is 0. The van der Waals surface area contributed by atoms with Crippen molar-refractivity contribution >= 4 is 11.9 Å². The Morgan fingerprint density at radius 1 is 0.333 bits per heavy atom. The van der Waals surface area contributed by atoms with Crippen molar-refractivity contribution in [2.24, 2.45) is 0 Å². The molecule has 0 fully saturated rings. The van der Waals surface area contributed by atoms with Gasteiger partial charge in [-0.2, -0.15) is 0 Å². The quantitative estimate of drug-likeness (QED) is 0.0747. The molecule has 0 aliphatic rings. The molecule has 0 aliphatic carbocycles. The van der Waals surface area contributed by atoms with Gasteiger partial charge in [0.25, 0.3) is 0 Å². The topological polar surface area (TPSA) is 117 Å². The summed E-state index contributed by atoms with van der Waals surface area (Å²) in [6, 6.07) is 0. The van der Waals surface area contributed by atoms with Gasteiger partial charge in [-0.15, -0.1) is 0 Å². The third-order valence-electron chi connectivity index (χ3n) is 5.93. The van der Waals surface area contributed by atoms with Gasteiger partial charge < -0.3 is 42.6 Å². The van der Waals surface area contributed by atoms with Crippen LogP contribution >= 0.6 is 0 Å². The zero-order chi connectivity index (χ0) is 30.6. The van der Waals surface area contributed by atoms with Crippen molar-refractivity contribution in [3.05, 3.63) is 0 Å². The van der Waals surface area contributed by atoms with Gasteiger partial charge in [-0.1, -0.05) is 58.8 Å². The van der Waals surface area contributed by atoms with Crippen molar-refractivity contribution < 1.29 is 52.2 Å². The Balaban J connectivity index is 3.13. The minimum atomic E-state index is -0.153. The molecule has 0 atom stereocenters. The standard InChI is InChI=1S/C31H60O11/c1-3-5-7-9-11-13-31(33)42-29-27-40-25-23-38-21-19-36-17-15-34-14-16-35-18-20-37-22-24-39-26-28-41-30(32)12-10-8-6-4-2/h3-29H2,1-2H3. The van der Waals surface area contributed by atoms with Crippen molar-refractivity contribution in [2.45, 2.75) is 84.5 Å². The van der Waals surface area contributed by atoms with Crippen LogP contribution in [-0.2, 0) is 52.2 Å². The minimum absolute atomic E-state index is 0.148. The van der Waals surface area contributed by atoms with E-state index in [-0.39, 0.29) is 25.2 Å². The van der Waals surface area contributed by atoms with Crippen LogP contribution in [0, 0.1) is 0 Å². The summed E-state index contributed by atoms with van der Waals surface area (Å²) in [5.74, 6) is -0.301. The Labute approximate surface area is 254 Å². The molecule has 0 N–H and O–H groups in total. The lowest BCUT2D eigenvalue weighted by Crippen LogP contribution is -2.15. The van der Waals surface area contributed by atoms with Gasteiger partial charge >= 0.3 is 11.9 Å². The molecule has 42 heavy (non-hydrogen) atoms. The maximum absolute atomic E-state index is 11.6. The van der Waals surface area contributed by atoms with Gasteiger partial charge in [0.05, 0.1) is 92.5 Å². The normalized spacial score (nSPS) is 11.2. The Kier molecular flexibility index (Phi) is 34.7. The van der Waals surface area contributed by atoms with Gasteiger partial charge in [0.2, 0.25) is 0 Å². The van der Waals surface area contributed by atoms with E-state index in [1.165, 1.54) is 19.3 Å². The summed E-state index contributed by atoms with van der Waals surface area (Å²) in [7, 11) is 0. The van der Waals surface area contributed by atoms with Crippen LogP contribution < -0.4 is 0 Å². The molecular formula is C31H60O11. The monoisotopic (exact) mass is 608 g/mol. The fourth-order valence-corrected chi connectivity index (χ4v) is 3.56. The second-order valence-electron chi connectivity index (χ2n) is 9.70. The molecular weight excluding hydrogens is 548 g/mol. The van der Waals surface area contributed by atoms with Crippen LogP contribution in [0.4, 0.5) is 0 Å². The van der Waals surface area contributed by atoms with Crippen molar-refractivity contribution in [3.8, 4) is 0 Å². The molecule has 0 unspecified atom stereocenters. The van der Waals surface area contributed by atoms with Crippen LogP contribution in [0.15, 0.2) is 0 Å². The third-order valence-corrected chi connectivity index (χ3v) is 5.93. The van der Waals surface area contributed by atoms with Crippen LogP contribution in [0.1, 0.15) is 84.5 Å². The smallest absolute Gasteiger partial charge is 0.305 e. The molecule has 0 bridgehead atoms. The maximum atomic E-state index is 11.6. The Hall–Kier alpha value is -1.34. The highest BCUT2D eigenvalue weighted by Gasteiger charge is 2.03. The lowest BCUT2D eigenvalue weighted by Gasteiger charge is -2.09. The van der Waals surface area contributed by atoms with Gasteiger partial charge in [-0.25, -0.2) is 0 Å². The van der Waals surface area contributed by atoms with Crippen LogP contribution in [0.2, 0.25) is 0 Å². The summed E-state index contributed by atoms with van der Waals surface area (Å²) in [6.07, 6.45) is 10.8. The van der Waals surface area contributed by atoms with Gasteiger partial charge in [0.1, 0.15) is 13.2 Å². The van der Waals surface area contributed by atoms with Gasteiger partial charge in [-0.05, 0) is 12.8 Å². The molecule has 0 saturated carbocycles. The van der Waals surface area contributed by atoms with Crippen molar-refractivity contribution in [3.63, 3.8) is 0 Å². The van der Waals surface area contributed by atoms with E-state index in [2.05, 4.69) is 13.8 Å². The molecule has 0 aromatic heterocycles. The largest absolute Gasteiger partial charge is 0.463 e. The molecule has 0 saturated heterocycles. The molecule has 0 aromatic rings. The summed E-state index contributed by atoms with van der Waals surface area (Å²) in [6.45, 7) is 11.4. The summed E-state index contributed by atoms with van der Waals surface area (Å²) < 4.78 is 48.3. The molecule has 0 rings (SSSR count). The highest BCUT2D eigenvalue weighted by atomic mass is 16.6. The van der Waals surface area contributed by atoms with E-state index in [1.807, 2.05) is 0 Å². The number of rotatable bonds is 35. The number of ether oxygens (including phenoxy) is 9. The highest BCUT2D eigenvalue weighted by molar-refractivity contribution is 5.69. The van der Waals surface area contributed by atoms with E-state index in [0.29, 0.717) is 105 Å². The van der Waals surface area contributed by atoms with Crippen molar-refractivity contribution in [2.75, 3.05) is 106 Å². The van der Waals surface area contributed by atoms with Crippen LogP contribution in [-0.4, -0.2) is 118 Å². The minimum Gasteiger partial charge on any atom is -0.463 e. The zero-order valence-electron chi connectivity index (χ0n) is 26.6. The number of unbranched alkanes of at least 4 members (excludes halogenated alkanes) is 7. The van der Waals surface area contributed by atoms with E-state index in [0.717, 1.165) is 38.5 Å². The van der Waals surface area contributed by atoms with Crippen molar-refractivity contribution in [1.82, 2.24) is 0 Å². The summed E-state index contributed by atoms with van der Waals surface area (Å²) >= 11 is 0. The van der Waals surface area contributed by atoms with E-state index in [9.17, 15) is 9.59 Å². The maximum Gasteiger partial charge on any atom is 0.305 e. The lowest BCUT2D eigenvalue weighted by molar-refractivity contribution is -0.146. The highest BCUT2D eigenvalue weighted by Crippen LogP contribution is 2.06. The first-order valence-corrected chi connectivity index (χ1v) is 16.1. The van der Waals surface area contributed by atoms with Gasteiger partial charge in [-0.3, -0.25) is 9.59 Å². The Morgan fingerprint density at radius 2 is 0.571 bits per heavy atom. The number of hydrogen-bond donors (Lipinski definition) is 0. The molecule has 0 amide bonds. The van der Waals surface area contributed by atoms with Crippen molar-refractivity contribution in [1.29, 1.82) is 0 Å². The first kappa shape index (κ1) is 40.7. The fourth-order valence-electron chi connectivity index (χ4n) is 3.56.